The fourth-order valence-electron chi connectivity index (χ4n) is 3.48. The Hall–Kier alpha value is -2.66. The first-order chi connectivity index (χ1) is 14.4. The van der Waals surface area contributed by atoms with Gasteiger partial charge in [-0.2, -0.15) is 13.2 Å². The van der Waals surface area contributed by atoms with Gasteiger partial charge < -0.3 is 10.0 Å². The van der Waals surface area contributed by atoms with Gasteiger partial charge in [0.1, 0.15) is 0 Å². The van der Waals surface area contributed by atoms with Crippen LogP contribution in [0.15, 0.2) is 24.3 Å². The molecular weight excluding hydrogens is 419 g/mol. The highest BCUT2D eigenvalue weighted by atomic mass is 19.4. The first-order valence-corrected chi connectivity index (χ1v) is 9.77. The topological polar surface area (TPSA) is 110 Å². The number of hydrogen-bond donors (Lipinski definition) is 3. The molecule has 1 aromatic carbocycles. The van der Waals surface area contributed by atoms with Crippen LogP contribution in [0.3, 0.4) is 0 Å². The van der Waals surface area contributed by atoms with E-state index in [1.807, 2.05) is 24.0 Å². The molecule has 2 rings (SSSR count). The number of piperazine rings is 1. The Morgan fingerprint density at radius 1 is 1.10 bits per heavy atom. The van der Waals surface area contributed by atoms with Gasteiger partial charge in [0, 0.05) is 43.7 Å². The van der Waals surface area contributed by atoms with E-state index in [4.69, 9.17) is 15.1 Å². The number of rotatable bonds is 5. The van der Waals surface area contributed by atoms with E-state index in [0.717, 1.165) is 31.6 Å². The summed E-state index contributed by atoms with van der Waals surface area (Å²) < 4.78 is 31.7. The van der Waals surface area contributed by atoms with E-state index in [-0.39, 0.29) is 18.0 Å². The van der Waals surface area contributed by atoms with Gasteiger partial charge in [0.25, 0.3) is 5.91 Å². The van der Waals surface area contributed by atoms with Crippen LogP contribution in [0, 0.1) is 0 Å². The third kappa shape index (κ3) is 8.18. The van der Waals surface area contributed by atoms with Crippen molar-refractivity contribution in [2.24, 2.45) is 0 Å². The average Bonchev–Trinajstić information content (AvgIpc) is 2.67. The molecule has 0 unspecified atom stereocenters. The summed E-state index contributed by atoms with van der Waals surface area (Å²) >= 11 is 0. The van der Waals surface area contributed by atoms with Crippen molar-refractivity contribution in [2.75, 3.05) is 13.1 Å². The van der Waals surface area contributed by atoms with Crippen molar-refractivity contribution in [1.82, 2.24) is 15.3 Å². The van der Waals surface area contributed by atoms with Gasteiger partial charge in [0.2, 0.25) is 5.91 Å². The first kappa shape index (κ1) is 26.4. The van der Waals surface area contributed by atoms with Crippen molar-refractivity contribution in [3.63, 3.8) is 0 Å². The quantitative estimate of drug-likeness (QED) is 0.473. The van der Waals surface area contributed by atoms with Crippen LogP contribution in [0.4, 0.5) is 13.2 Å². The lowest BCUT2D eigenvalue weighted by Gasteiger charge is -2.44. The largest absolute Gasteiger partial charge is 0.490 e. The Kier molecular flexibility index (Phi) is 9.92. The van der Waals surface area contributed by atoms with Crippen molar-refractivity contribution in [3.05, 3.63) is 35.4 Å². The molecule has 3 N–H and O–H groups in total. The Labute approximate surface area is 178 Å². The van der Waals surface area contributed by atoms with Crippen LogP contribution in [0.5, 0.6) is 0 Å². The maximum atomic E-state index is 12.3. The Morgan fingerprint density at radius 3 is 1.97 bits per heavy atom. The van der Waals surface area contributed by atoms with E-state index in [1.54, 1.807) is 17.6 Å². The smallest absolute Gasteiger partial charge is 0.475 e. The number of benzene rings is 1. The molecule has 0 aliphatic carbocycles. The monoisotopic (exact) mass is 447 g/mol. The third-order valence-corrected chi connectivity index (χ3v) is 4.71. The molecule has 174 valence electrons. The van der Waals surface area contributed by atoms with E-state index in [2.05, 4.69) is 18.7 Å². The second-order valence-electron chi connectivity index (χ2n) is 7.38. The summed E-state index contributed by atoms with van der Waals surface area (Å²) in [4.78, 5) is 36.9. The zero-order valence-electron chi connectivity index (χ0n) is 17.6. The molecule has 0 spiro atoms. The number of carboxylic acid groups (broad SMARTS) is 1. The summed E-state index contributed by atoms with van der Waals surface area (Å²) in [6.45, 7) is 8.71. The van der Waals surface area contributed by atoms with Crippen LogP contribution in [0.2, 0.25) is 0 Å². The molecule has 0 saturated carbocycles. The number of halogens is 3. The molecule has 11 heteroatoms. The first-order valence-electron chi connectivity index (χ1n) is 9.77. The summed E-state index contributed by atoms with van der Waals surface area (Å²) in [6.07, 6.45) is -3.59. The predicted molar refractivity (Wildman–Crippen MR) is 105 cm³/mol. The van der Waals surface area contributed by atoms with Crippen LogP contribution >= 0.6 is 0 Å². The molecule has 1 aliphatic heterocycles. The van der Waals surface area contributed by atoms with E-state index in [1.165, 1.54) is 0 Å². The highest BCUT2D eigenvalue weighted by Crippen LogP contribution is 2.19. The van der Waals surface area contributed by atoms with E-state index >= 15 is 0 Å². The molecular formula is C20H28F3N3O5. The van der Waals surface area contributed by atoms with E-state index < -0.39 is 18.1 Å². The minimum absolute atomic E-state index is 0.201. The number of hydroxylamine groups is 1. The van der Waals surface area contributed by atoms with Gasteiger partial charge in [-0.1, -0.05) is 19.1 Å². The third-order valence-electron chi connectivity index (χ3n) is 4.71. The lowest BCUT2D eigenvalue weighted by molar-refractivity contribution is -0.192. The van der Waals surface area contributed by atoms with Gasteiger partial charge in [-0.25, -0.2) is 10.3 Å². The summed E-state index contributed by atoms with van der Waals surface area (Å²) in [5, 5.41) is 15.8. The van der Waals surface area contributed by atoms with Gasteiger partial charge in [0.15, 0.2) is 0 Å². The molecule has 0 aromatic heterocycles. The molecule has 31 heavy (non-hydrogen) atoms. The number of alkyl halides is 3. The van der Waals surface area contributed by atoms with Gasteiger partial charge in [0.05, 0.1) is 0 Å². The normalized spacial score (nSPS) is 19.3. The van der Waals surface area contributed by atoms with Crippen LogP contribution in [0.25, 0.3) is 0 Å². The Morgan fingerprint density at radius 2 is 1.58 bits per heavy atom. The zero-order chi connectivity index (χ0) is 23.8. The maximum absolute atomic E-state index is 12.3. The number of nitrogens with one attached hydrogen (secondary N) is 1. The SMILES string of the molecule is CCCC(=O)N1[C@H](C)CN(Cc2ccc(C(=O)NO)cc2)C[C@@H]1C.O=C(O)C(F)(F)F. The fraction of sp³-hybridized carbons (Fsp3) is 0.550. The zero-order valence-corrected chi connectivity index (χ0v) is 17.6. The molecule has 0 radical (unpaired) electrons. The predicted octanol–water partition coefficient (Wildman–Crippen LogP) is 2.66. The molecule has 1 aromatic rings. The minimum Gasteiger partial charge on any atom is -0.475 e. The van der Waals surface area contributed by atoms with Crippen molar-refractivity contribution < 1.29 is 37.9 Å². The molecule has 8 nitrogen and oxygen atoms in total. The molecule has 1 fully saturated rings. The van der Waals surface area contributed by atoms with Crippen molar-refractivity contribution in [2.45, 2.75) is 58.4 Å². The maximum Gasteiger partial charge on any atom is 0.490 e. The van der Waals surface area contributed by atoms with E-state index in [0.29, 0.717) is 12.0 Å². The fourth-order valence-corrected chi connectivity index (χ4v) is 3.48. The Balaban J connectivity index is 0.000000592. The number of aliphatic carboxylic acids is 1. The van der Waals surface area contributed by atoms with Gasteiger partial charge in [-0.15, -0.1) is 0 Å². The van der Waals surface area contributed by atoms with Crippen molar-refractivity contribution in [3.8, 4) is 0 Å². The van der Waals surface area contributed by atoms with Crippen LogP contribution in [0.1, 0.15) is 49.5 Å². The highest BCUT2D eigenvalue weighted by molar-refractivity contribution is 5.93. The van der Waals surface area contributed by atoms with Crippen LogP contribution < -0.4 is 5.48 Å². The molecule has 1 heterocycles. The number of carboxylic acids is 1. The summed E-state index contributed by atoms with van der Waals surface area (Å²) in [5.41, 5.74) is 3.17. The van der Waals surface area contributed by atoms with Crippen LogP contribution in [-0.2, 0) is 16.1 Å². The molecule has 0 bridgehead atoms. The molecule has 2 atom stereocenters. The van der Waals surface area contributed by atoms with Gasteiger partial charge >= 0.3 is 12.1 Å². The average molecular weight is 447 g/mol. The molecule has 1 aliphatic rings. The van der Waals surface area contributed by atoms with Crippen molar-refractivity contribution in [1.29, 1.82) is 0 Å². The number of nitrogens with zero attached hydrogens (tertiary/aromatic N) is 2. The minimum atomic E-state index is -5.08. The molecule has 2 amide bonds. The second kappa shape index (κ2) is 11.7. The second-order valence-corrected chi connectivity index (χ2v) is 7.38. The highest BCUT2D eigenvalue weighted by Gasteiger charge is 2.38. The summed E-state index contributed by atoms with van der Waals surface area (Å²) in [5.74, 6) is -3.02. The van der Waals surface area contributed by atoms with Gasteiger partial charge in [-0.05, 0) is 38.0 Å². The number of carbonyl (C=O) groups excluding carboxylic acids is 2. The van der Waals surface area contributed by atoms with Gasteiger partial charge in [-0.3, -0.25) is 19.7 Å². The number of hydrogen-bond acceptors (Lipinski definition) is 5. The standard InChI is InChI=1S/C18H27N3O3.C2HF3O2/c1-4-5-17(22)21-13(2)10-20(11-14(21)3)12-15-6-8-16(9-7-15)18(23)19-24;3-2(4,5)1(6)7/h6-9,13-14,24H,4-5,10-12H2,1-3H3,(H,19,23);(H,6,7)/t13-,14+;. The summed E-state index contributed by atoms with van der Waals surface area (Å²) in [7, 11) is 0. The van der Waals surface area contributed by atoms with Crippen LogP contribution in [-0.4, -0.2) is 69.2 Å². The lowest BCUT2D eigenvalue weighted by Crippen LogP contribution is -2.58. The summed E-state index contributed by atoms with van der Waals surface area (Å²) in [6, 6.07) is 7.60. The molecule has 1 saturated heterocycles. The van der Waals surface area contributed by atoms with Crippen molar-refractivity contribution >= 4 is 17.8 Å². The Bertz CT molecular complexity index is 743. The number of carbonyl (C=O) groups is 3. The lowest BCUT2D eigenvalue weighted by atomic mass is 10.0. The number of amides is 2. The van der Waals surface area contributed by atoms with E-state index in [9.17, 15) is 22.8 Å².